The topological polar surface area (TPSA) is 77.2 Å². The number of aromatic nitrogens is 1. The van der Waals surface area contributed by atoms with Gasteiger partial charge in [0.1, 0.15) is 0 Å². The molecule has 1 aliphatic rings. The standard InChI is InChI=1S/C11H17N3O2S/c1-7(12)9-6-17-11(13-9)14-10(15)8-2-4-16-5-3-8/h6-8H,2-5,12H2,1H3,(H,13,14,15). The van der Waals surface area contributed by atoms with Crippen molar-refractivity contribution in [2.75, 3.05) is 18.5 Å². The maximum absolute atomic E-state index is 11.9. The van der Waals surface area contributed by atoms with Gasteiger partial charge in [-0.2, -0.15) is 0 Å². The normalized spacial score (nSPS) is 18.9. The maximum atomic E-state index is 11.9. The third-order valence-corrected chi connectivity index (χ3v) is 3.59. The van der Waals surface area contributed by atoms with Gasteiger partial charge in [0.15, 0.2) is 5.13 Å². The van der Waals surface area contributed by atoms with Crippen LogP contribution < -0.4 is 11.1 Å². The van der Waals surface area contributed by atoms with Gasteiger partial charge in [0.25, 0.3) is 0 Å². The molecule has 2 heterocycles. The van der Waals surface area contributed by atoms with E-state index in [0.29, 0.717) is 18.3 Å². The van der Waals surface area contributed by atoms with E-state index in [1.807, 2.05) is 12.3 Å². The Balaban J connectivity index is 1.92. The number of amides is 1. The fraction of sp³-hybridized carbons (Fsp3) is 0.636. The lowest BCUT2D eigenvalue weighted by Gasteiger charge is -2.20. The molecule has 0 aromatic carbocycles. The summed E-state index contributed by atoms with van der Waals surface area (Å²) in [6.07, 6.45) is 1.58. The van der Waals surface area contributed by atoms with Crippen LogP contribution in [0, 0.1) is 5.92 Å². The second-order valence-electron chi connectivity index (χ2n) is 4.24. The third-order valence-electron chi connectivity index (χ3n) is 2.81. The minimum atomic E-state index is -0.0972. The van der Waals surface area contributed by atoms with E-state index in [2.05, 4.69) is 10.3 Å². The highest BCUT2D eigenvalue weighted by molar-refractivity contribution is 7.13. The zero-order chi connectivity index (χ0) is 12.3. The number of rotatable bonds is 3. The predicted octanol–water partition coefficient (Wildman–Crippen LogP) is 1.53. The second-order valence-corrected chi connectivity index (χ2v) is 5.10. The van der Waals surface area contributed by atoms with Gasteiger partial charge < -0.3 is 15.8 Å². The van der Waals surface area contributed by atoms with Crippen LogP contribution in [-0.2, 0) is 9.53 Å². The van der Waals surface area contributed by atoms with Gasteiger partial charge in [-0.05, 0) is 19.8 Å². The number of ether oxygens (including phenoxy) is 1. The molecule has 1 amide bonds. The molecule has 1 fully saturated rings. The molecule has 0 radical (unpaired) electrons. The van der Waals surface area contributed by atoms with Crippen LogP contribution in [0.3, 0.4) is 0 Å². The minimum Gasteiger partial charge on any atom is -0.381 e. The van der Waals surface area contributed by atoms with Gasteiger partial charge in [-0.3, -0.25) is 4.79 Å². The first-order valence-electron chi connectivity index (χ1n) is 5.76. The molecule has 17 heavy (non-hydrogen) atoms. The fourth-order valence-corrected chi connectivity index (χ4v) is 2.54. The summed E-state index contributed by atoms with van der Waals surface area (Å²) >= 11 is 1.42. The van der Waals surface area contributed by atoms with E-state index in [1.165, 1.54) is 11.3 Å². The van der Waals surface area contributed by atoms with Crippen molar-refractivity contribution in [3.63, 3.8) is 0 Å². The summed E-state index contributed by atoms with van der Waals surface area (Å²) in [4.78, 5) is 16.2. The molecule has 2 rings (SSSR count). The molecule has 1 aliphatic heterocycles. The van der Waals surface area contributed by atoms with Crippen molar-refractivity contribution < 1.29 is 9.53 Å². The molecule has 5 nitrogen and oxygen atoms in total. The average Bonchev–Trinajstić information content (AvgIpc) is 2.79. The van der Waals surface area contributed by atoms with Crippen LogP contribution in [0.2, 0.25) is 0 Å². The van der Waals surface area contributed by atoms with E-state index < -0.39 is 0 Å². The van der Waals surface area contributed by atoms with Gasteiger partial charge >= 0.3 is 0 Å². The first-order chi connectivity index (χ1) is 8.16. The van der Waals surface area contributed by atoms with E-state index in [0.717, 1.165) is 18.5 Å². The number of hydrogen-bond acceptors (Lipinski definition) is 5. The van der Waals surface area contributed by atoms with Crippen molar-refractivity contribution in [3.05, 3.63) is 11.1 Å². The SMILES string of the molecule is CC(N)c1csc(NC(=O)C2CCOCC2)n1. The van der Waals surface area contributed by atoms with Crippen LogP contribution in [0.5, 0.6) is 0 Å². The summed E-state index contributed by atoms with van der Waals surface area (Å²) in [5, 5.41) is 5.36. The van der Waals surface area contributed by atoms with Gasteiger partial charge in [0.05, 0.1) is 5.69 Å². The van der Waals surface area contributed by atoms with Crippen LogP contribution >= 0.6 is 11.3 Å². The van der Waals surface area contributed by atoms with E-state index in [4.69, 9.17) is 10.5 Å². The Kier molecular flexibility index (Phi) is 4.09. The maximum Gasteiger partial charge on any atom is 0.229 e. The van der Waals surface area contributed by atoms with Gasteiger partial charge in [-0.1, -0.05) is 0 Å². The molecule has 1 unspecified atom stereocenters. The summed E-state index contributed by atoms with van der Waals surface area (Å²) < 4.78 is 5.23. The molecule has 1 atom stereocenters. The first-order valence-corrected chi connectivity index (χ1v) is 6.64. The van der Waals surface area contributed by atoms with Gasteiger partial charge in [0.2, 0.25) is 5.91 Å². The van der Waals surface area contributed by atoms with Crippen LogP contribution in [0.1, 0.15) is 31.5 Å². The quantitative estimate of drug-likeness (QED) is 0.858. The number of nitrogens with one attached hydrogen (secondary N) is 1. The number of hydrogen-bond donors (Lipinski definition) is 2. The summed E-state index contributed by atoms with van der Waals surface area (Å²) in [5.74, 6) is 0.0882. The van der Waals surface area contributed by atoms with Crippen molar-refractivity contribution in [2.24, 2.45) is 11.7 Å². The number of nitrogens with two attached hydrogens (primary N) is 1. The Bertz CT molecular complexity index is 386. The molecule has 1 aromatic rings. The molecule has 94 valence electrons. The van der Waals surface area contributed by atoms with Gasteiger partial charge in [-0.25, -0.2) is 4.98 Å². The van der Waals surface area contributed by atoms with Crippen LogP contribution in [0.15, 0.2) is 5.38 Å². The smallest absolute Gasteiger partial charge is 0.229 e. The number of nitrogens with zero attached hydrogens (tertiary/aromatic N) is 1. The summed E-state index contributed by atoms with van der Waals surface area (Å²) in [5.41, 5.74) is 6.53. The number of thiazole rings is 1. The average molecular weight is 255 g/mol. The Morgan fingerprint density at radius 2 is 2.35 bits per heavy atom. The summed E-state index contributed by atoms with van der Waals surface area (Å²) in [6, 6.07) is -0.0972. The zero-order valence-electron chi connectivity index (χ0n) is 9.81. The number of carbonyl (C=O) groups excluding carboxylic acids is 1. The Labute approximate surface area is 104 Å². The molecule has 1 aromatic heterocycles. The highest BCUT2D eigenvalue weighted by Crippen LogP contribution is 2.22. The van der Waals surface area contributed by atoms with Gasteiger partial charge in [0, 0.05) is 30.6 Å². The molecule has 0 saturated carbocycles. The van der Waals surface area contributed by atoms with Crippen molar-refractivity contribution in [2.45, 2.75) is 25.8 Å². The number of carbonyl (C=O) groups is 1. The predicted molar refractivity (Wildman–Crippen MR) is 66.9 cm³/mol. The van der Waals surface area contributed by atoms with Crippen LogP contribution in [-0.4, -0.2) is 24.1 Å². The lowest BCUT2D eigenvalue weighted by atomic mass is 10.00. The summed E-state index contributed by atoms with van der Waals surface area (Å²) in [7, 11) is 0. The molecule has 0 bridgehead atoms. The fourth-order valence-electron chi connectivity index (χ4n) is 1.72. The molecule has 6 heteroatoms. The van der Waals surface area contributed by atoms with E-state index in [1.54, 1.807) is 0 Å². The largest absolute Gasteiger partial charge is 0.381 e. The van der Waals surface area contributed by atoms with Crippen molar-refractivity contribution in [1.82, 2.24) is 4.98 Å². The molecule has 1 saturated heterocycles. The van der Waals surface area contributed by atoms with Crippen molar-refractivity contribution in [1.29, 1.82) is 0 Å². The second kappa shape index (κ2) is 5.57. The third kappa shape index (κ3) is 3.24. The van der Waals surface area contributed by atoms with Gasteiger partial charge in [-0.15, -0.1) is 11.3 Å². The molecular weight excluding hydrogens is 238 g/mol. The highest BCUT2D eigenvalue weighted by Gasteiger charge is 2.22. The van der Waals surface area contributed by atoms with E-state index in [9.17, 15) is 4.79 Å². The summed E-state index contributed by atoms with van der Waals surface area (Å²) in [6.45, 7) is 3.21. The Morgan fingerprint density at radius 3 is 2.94 bits per heavy atom. The van der Waals surface area contributed by atoms with Crippen molar-refractivity contribution >= 4 is 22.4 Å². The van der Waals surface area contributed by atoms with E-state index in [-0.39, 0.29) is 17.9 Å². The Morgan fingerprint density at radius 1 is 1.65 bits per heavy atom. The van der Waals surface area contributed by atoms with Crippen molar-refractivity contribution in [3.8, 4) is 0 Å². The monoisotopic (exact) mass is 255 g/mol. The minimum absolute atomic E-state index is 0.0406. The van der Waals surface area contributed by atoms with Crippen LogP contribution in [0.4, 0.5) is 5.13 Å². The molecule has 0 aliphatic carbocycles. The Hall–Kier alpha value is -0.980. The molecule has 3 N–H and O–H groups in total. The van der Waals surface area contributed by atoms with Crippen LogP contribution in [0.25, 0.3) is 0 Å². The molecular formula is C11H17N3O2S. The highest BCUT2D eigenvalue weighted by atomic mass is 32.1. The number of anilines is 1. The first kappa shape index (κ1) is 12.5. The lowest BCUT2D eigenvalue weighted by Crippen LogP contribution is -2.28. The lowest BCUT2D eigenvalue weighted by molar-refractivity contribution is -0.122. The zero-order valence-corrected chi connectivity index (χ0v) is 10.6. The molecule has 0 spiro atoms. The van der Waals surface area contributed by atoms with E-state index >= 15 is 0 Å².